The minimum atomic E-state index is 0. The van der Waals surface area contributed by atoms with Crippen LogP contribution in [0.3, 0.4) is 0 Å². The van der Waals surface area contributed by atoms with Crippen LogP contribution < -0.4 is 0 Å². The van der Waals surface area contributed by atoms with Crippen molar-refractivity contribution in [3.8, 4) is 0 Å². The second kappa shape index (κ2) is 12.7. The molecule has 1 aromatic rings. The van der Waals surface area contributed by atoms with Crippen LogP contribution in [0.15, 0.2) is 42.5 Å². The fourth-order valence-electron chi connectivity index (χ4n) is 1.66. The Bertz CT molecular complexity index is 282. The predicted octanol–water partition coefficient (Wildman–Crippen LogP) is 4.21. The molecular weight excluding hydrogens is 284 g/mol. The molecular formula is C15H23BrMg. The molecule has 0 spiro atoms. The Morgan fingerprint density at radius 1 is 0.882 bits per heavy atom. The maximum Gasteiger partial charge on any atom is 0.316 e. The molecule has 2 heteroatoms. The van der Waals surface area contributed by atoms with E-state index in [9.17, 15) is 0 Å². The number of unbranched alkanes of at least 4 members (excludes halogenated alkanes) is 3. The van der Waals surface area contributed by atoms with Gasteiger partial charge in [-0.3, -0.25) is 0 Å². The van der Waals surface area contributed by atoms with Crippen molar-refractivity contribution in [2.24, 2.45) is 0 Å². The van der Waals surface area contributed by atoms with E-state index in [0.29, 0.717) is 0 Å². The SMILES string of the molecule is BrCCCCC/C=C/CCc1ccccc1.[MgH2]. The van der Waals surface area contributed by atoms with Crippen LogP contribution in [0, 0.1) is 0 Å². The maximum atomic E-state index is 3.45. The van der Waals surface area contributed by atoms with Gasteiger partial charge in [0.1, 0.15) is 0 Å². The lowest BCUT2D eigenvalue weighted by Gasteiger charge is -1.97. The van der Waals surface area contributed by atoms with Gasteiger partial charge in [0.2, 0.25) is 0 Å². The van der Waals surface area contributed by atoms with Crippen molar-refractivity contribution in [3.05, 3.63) is 48.0 Å². The summed E-state index contributed by atoms with van der Waals surface area (Å²) in [5.41, 5.74) is 1.44. The van der Waals surface area contributed by atoms with E-state index < -0.39 is 0 Å². The van der Waals surface area contributed by atoms with E-state index in [1.807, 2.05) is 0 Å². The molecule has 0 saturated heterocycles. The van der Waals surface area contributed by atoms with Gasteiger partial charge in [0.15, 0.2) is 0 Å². The van der Waals surface area contributed by atoms with Crippen molar-refractivity contribution in [2.75, 3.05) is 5.33 Å². The third-order valence-electron chi connectivity index (χ3n) is 2.61. The third-order valence-corrected chi connectivity index (χ3v) is 3.17. The van der Waals surface area contributed by atoms with Crippen molar-refractivity contribution in [1.29, 1.82) is 0 Å². The standard InChI is InChI=1S/C15H21Br.Mg.2H/c16-14-10-5-3-1-2-4-7-11-15-12-8-6-9-13-15;;;/h2,4,6,8-9,12-13H,1,3,5,7,10-11,14H2;;;/b4-2+;;;. The first kappa shape index (κ1) is 17.2. The quantitative estimate of drug-likeness (QED) is 0.292. The number of benzene rings is 1. The average Bonchev–Trinajstić information content (AvgIpc) is 2.34. The van der Waals surface area contributed by atoms with Crippen LogP contribution in [0.4, 0.5) is 0 Å². The summed E-state index contributed by atoms with van der Waals surface area (Å²) in [7, 11) is 0. The molecule has 0 saturated carbocycles. The predicted molar refractivity (Wildman–Crippen MR) is 84.7 cm³/mol. The zero-order valence-corrected chi connectivity index (χ0v) is 11.5. The second-order valence-electron chi connectivity index (χ2n) is 4.03. The molecule has 0 nitrogen and oxygen atoms in total. The lowest BCUT2D eigenvalue weighted by Crippen LogP contribution is -1.81. The molecule has 0 aliphatic heterocycles. The molecule has 17 heavy (non-hydrogen) atoms. The molecule has 0 unspecified atom stereocenters. The Kier molecular flexibility index (Phi) is 12.8. The minimum Gasteiger partial charge on any atom is -0.0928 e. The molecule has 0 amide bonds. The number of halogens is 1. The van der Waals surface area contributed by atoms with Crippen LogP contribution in [0.2, 0.25) is 0 Å². The van der Waals surface area contributed by atoms with Gasteiger partial charge in [0.25, 0.3) is 0 Å². The lowest BCUT2D eigenvalue weighted by molar-refractivity contribution is 0.735. The zero-order valence-electron chi connectivity index (χ0n) is 9.87. The first-order valence-electron chi connectivity index (χ1n) is 6.18. The number of rotatable bonds is 8. The summed E-state index contributed by atoms with van der Waals surface area (Å²) in [4.78, 5) is 0. The van der Waals surface area contributed by atoms with E-state index in [-0.39, 0.29) is 23.1 Å². The fourth-order valence-corrected chi connectivity index (χ4v) is 2.06. The van der Waals surface area contributed by atoms with Gasteiger partial charge in [-0.2, -0.15) is 0 Å². The van der Waals surface area contributed by atoms with Crippen molar-refractivity contribution < 1.29 is 0 Å². The molecule has 0 aliphatic carbocycles. The van der Waals surface area contributed by atoms with E-state index in [0.717, 1.165) is 5.33 Å². The lowest BCUT2D eigenvalue weighted by atomic mass is 10.1. The molecule has 0 atom stereocenters. The molecule has 0 radical (unpaired) electrons. The number of allylic oxidation sites excluding steroid dienone is 2. The smallest absolute Gasteiger partial charge is 0.0928 e. The summed E-state index contributed by atoms with van der Waals surface area (Å²) < 4.78 is 0. The Morgan fingerprint density at radius 2 is 1.59 bits per heavy atom. The topological polar surface area (TPSA) is 0 Å². The Labute approximate surface area is 130 Å². The second-order valence-corrected chi connectivity index (χ2v) is 4.83. The van der Waals surface area contributed by atoms with E-state index in [2.05, 4.69) is 58.4 Å². The highest BCUT2D eigenvalue weighted by Gasteiger charge is 1.88. The highest BCUT2D eigenvalue weighted by atomic mass is 79.9. The van der Waals surface area contributed by atoms with E-state index >= 15 is 0 Å². The van der Waals surface area contributed by atoms with Crippen molar-refractivity contribution in [2.45, 2.75) is 38.5 Å². The largest absolute Gasteiger partial charge is 0.316 e. The summed E-state index contributed by atoms with van der Waals surface area (Å²) in [6, 6.07) is 10.7. The highest BCUT2D eigenvalue weighted by molar-refractivity contribution is 9.09. The third kappa shape index (κ3) is 9.87. The Morgan fingerprint density at radius 3 is 2.29 bits per heavy atom. The van der Waals surface area contributed by atoms with Crippen molar-refractivity contribution in [1.82, 2.24) is 0 Å². The number of aryl methyl sites for hydroxylation is 1. The monoisotopic (exact) mass is 306 g/mol. The average molecular weight is 308 g/mol. The van der Waals surface area contributed by atoms with E-state index in [1.165, 1.54) is 44.1 Å². The molecule has 0 bridgehead atoms. The fraction of sp³-hybridized carbons (Fsp3) is 0.467. The van der Waals surface area contributed by atoms with Gasteiger partial charge in [-0.05, 0) is 37.7 Å². The summed E-state index contributed by atoms with van der Waals surface area (Å²) >= 11 is 3.45. The van der Waals surface area contributed by atoms with Gasteiger partial charge < -0.3 is 0 Å². The van der Waals surface area contributed by atoms with Crippen LogP contribution in [0.25, 0.3) is 0 Å². The van der Waals surface area contributed by atoms with E-state index in [4.69, 9.17) is 0 Å². The van der Waals surface area contributed by atoms with Gasteiger partial charge in [0.05, 0.1) is 0 Å². The molecule has 0 fully saturated rings. The summed E-state index contributed by atoms with van der Waals surface area (Å²) in [5.74, 6) is 0. The Balaban J connectivity index is 0.00000256. The highest BCUT2D eigenvalue weighted by Crippen LogP contribution is 2.05. The number of alkyl halides is 1. The molecule has 0 heterocycles. The van der Waals surface area contributed by atoms with Crippen molar-refractivity contribution in [3.63, 3.8) is 0 Å². The molecule has 1 rings (SSSR count). The maximum absolute atomic E-state index is 3.45. The number of hydrogen-bond acceptors (Lipinski definition) is 0. The minimum absolute atomic E-state index is 0. The molecule has 0 aromatic heterocycles. The van der Waals surface area contributed by atoms with Gasteiger partial charge in [-0.25, -0.2) is 0 Å². The Hall–Kier alpha value is 0.206. The first-order valence-corrected chi connectivity index (χ1v) is 7.30. The van der Waals surface area contributed by atoms with Gasteiger partial charge >= 0.3 is 23.1 Å². The van der Waals surface area contributed by atoms with Crippen LogP contribution in [0.1, 0.15) is 37.7 Å². The van der Waals surface area contributed by atoms with Gasteiger partial charge in [-0.15, -0.1) is 0 Å². The van der Waals surface area contributed by atoms with Crippen LogP contribution >= 0.6 is 15.9 Å². The first-order chi connectivity index (χ1) is 7.93. The molecule has 1 aromatic carbocycles. The van der Waals surface area contributed by atoms with Gasteiger partial charge in [-0.1, -0.05) is 64.8 Å². The van der Waals surface area contributed by atoms with Gasteiger partial charge in [0, 0.05) is 5.33 Å². The molecule has 0 aliphatic rings. The summed E-state index contributed by atoms with van der Waals surface area (Å²) in [5, 5.41) is 1.14. The van der Waals surface area contributed by atoms with Crippen LogP contribution in [-0.2, 0) is 6.42 Å². The zero-order chi connectivity index (χ0) is 11.5. The van der Waals surface area contributed by atoms with Crippen molar-refractivity contribution >= 4 is 39.0 Å². The van der Waals surface area contributed by atoms with Crippen LogP contribution in [-0.4, -0.2) is 28.4 Å². The van der Waals surface area contributed by atoms with E-state index in [1.54, 1.807) is 0 Å². The normalized spacial score (nSPS) is 10.4. The van der Waals surface area contributed by atoms with Crippen LogP contribution in [0.5, 0.6) is 0 Å². The molecule has 92 valence electrons. The number of hydrogen-bond donors (Lipinski definition) is 0. The molecule has 0 N–H and O–H groups in total. The summed E-state index contributed by atoms with van der Waals surface area (Å²) in [6.07, 6.45) is 12.2. The summed E-state index contributed by atoms with van der Waals surface area (Å²) in [6.45, 7) is 0.